The first-order chi connectivity index (χ1) is 10.7. The van der Waals surface area contributed by atoms with Gasteiger partial charge in [0.2, 0.25) is 11.9 Å². The molecule has 0 atom stereocenters. The predicted molar refractivity (Wildman–Crippen MR) is 88.9 cm³/mol. The molecule has 0 fully saturated rings. The van der Waals surface area contributed by atoms with Gasteiger partial charge >= 0.3 is 0 Å². The molecule has 0 saturated carbocycles. The normalized spacial score (nSPS) is 10.2. The number of rotatable bonds is 4. The van der Waals surface area contributed by atoms with Crippen molar-refractivity contribution in [3.8, 4) is 0 Å². The van der Waals surface area contributed by atoms with Crippen LogP contribution in [0.3, 0.4) is 0 Å². The van der Waals surface area contributed by atoms with E-state index in [2.05, 4.69) is 15.3 Å². The molecule has 0 saturated heterocycles. The molecule has 3 rings (SSSR count). The lowest BCUT2D eigenvalue weighted by Gasteiger charge is -2.21. The predicted octanol–water partition coefficient (Wildman–Crippen LogP) is 3.97. The van der Waals surface area contributed by atoms with E-state index in [1.54, 1.807) is 29.8 Å². The Kier molecular flexibility index (Phi) is 4.11. The van der Waals surface area contributed by atoms with Gasteiger partial charge in [0.1, 0.15) is 0 Å². The molecule has 0 aliphatic heterocycles. The Morgan fingerprint density at radius 1 is 1.09 bits per heavy atom. The molecule has 0 spiro atoms. The summed E-state index contributed by atoms with van der Waals surface area (Å²) in [6.45, 7) is 1.49. The summed E-state index contributed by atoms with van der Waals surface area (Å²) in [7, 11) is 0. The molecular formula is C16H14N4OS. The van der Waals surface area contributed by atoms with Crippen LogP contribution in [0, 0.1) is 0 Å². The van der Waals surface area contributed by atoms with Gasteiger partial charge in [0.15, 0.2) is 0 Å². The van der Waals surface area contributed by atoms with Crippen LogP contribution in [0.5, 0.6) is 0 Å². The second-order valence-corrected chi connectivity index (χ2v) is 5.37. The van der Waals surface area contributed by atoms with Crippen molar-refractivity contribution in [3.05, 3.63) is 59.6 Å². The Morgan fingerprint density at radius 2 is 1.82 bits per heavy atom. The lowest BCUT2D eigenvalue weighted by atomic mass is 10.2. The average Bonchev–Trinajstić information content (AvgIpc) is 3.04. The molecule has 1 aromatic carbocycles. The van der Waals surface area contributed by atoms with Crippen LogP contribution in [-0.2, 0) is 4.79 Å². The summed E-state index contributed by atoms with van der Waals surface area (Å²) in [6.07, 6.45) is 3.43. The Morgan fingerprint density at radius 3 is 2.41 bits per heavy atom. The molecule has 5 nitrogen and oxygen atoms in total. The van der Waals surface area contributed by atoms with Gasteiger partial charge in [-0.3, -0.25) is 9.69 Å². The molecule has 0 unspecified atom stereocenters. The van der Waals surface area contributed by atoms with Gasteiger partial charge in [0.05, 0.1) is 5.69 Å². The van der Waals surface area contributed by atoms with Gasteiger partial charge in [-0.2, -0.15) is 11.3 Å². The molecule has 0 radical (unpaired) electrons. The van der Waals surface area contributed by atoms with Gasteiger partial charge in [0.25, 0.3) is 0 Å². The van der Waals surface area contributed by atoms with E-state index in [0.29, 0.717) is 5.95 Å². The Labute approximate surface area is 132 Å². The number of thiophene rings is 1. The van der Waals surface area contributed by atoms with E-state index < -0.39 is 0 Å². The van der Waals surface area contributed by atoms with Crippen LogP contribution < -0.4 is 10.2 Å². The maximum atomic E-state index is 11.1. The number of benzene rings is 1. The smallest absolute Gasteiger partial charge is 0.234 e. The molecule has 22 heavy (non-hydrogen) atoms. The summed E-state index contributed by atoms with van der Waals surface area (Å²) in [5.41, 5.74) is 2.69. The first kappa shape index (κ1) is 14.2. The molecule has 3 aromatic rings. The third-order valence-corrected chi connectivity index (χ3v) is 3.63. The van der Waals surface area contributed by atoms with Crippen molar-refractivity contribution in [1.29, 1.82) is 0 Å². The third-order valence-electron chi connectivity index (χ3n) is 2.96. The Hall–Kier alpha value is -2.73. The maximum absolute atomic E-state index is 11.1. The van der Waals surface area contributed by atoms with Crippen molar-refractivity contribution in [1.82, 2.24) is 9.97 Å². The molecule has 6 heteroatoms. The van der Waals surface area contributed by atoms with Gasteiger partial charge in [-0.15, -0.1) is 0 Å². The maximum Gasteiger partial charge on any atom is 0.234 e. The minimum atomic E-state index is -0.0890. The van der Waals surface area contributed by atoms with Gasteiger partial charge in [0, 0.05) is 36.1 Å². The number of amides is 1. The molecule has 0 aliphatic rings. The highest BCUT2D eigenvalue weighted by molar-refractivity contribution is 7.08. The van der Waals surface area contributed by atoms with Crippen molar-refractivity contribution >= 4 is 40.3 Å². The van der Waals surface area contributed by atoms with Crippen molar-refractivity contribution < 1.29 is 4.79 Å². The fourth-order valence-electron chi connectivity index (χ4n) is 2.07. The molecule has 1 amide bonds. The van der Waals surface area contributed by atoms with Crippen LogP contribution in [0.15, 0.2) is 59.6 Å². The van der Waals surface area contributed by atoms with Crippen LogP contribution in [-0.4, -0.2) is 15.9 Å². The molecule has 0 aliphatic carbocycles. The van der Waals surface area contributed by atoms with E-state index in [0.717, 1.165) is 17.1 Å². The number of carbonyl (C=O) groups excluding carboxylic acids is 1. The number of nitrogens with zero attached hydrogens (tertiary/aromatic N) is 3. The number of nitrogens with one attached hydrogen (secondary N) is 1. The van der Waals surface area contributed by atoms with E-state index in [4.69, 9.17) is 0 Å². The van der Waals surface area contributed by atoms with E-state index >= 15 is 0 Å². The highest BCUT2D eigenvalue weighted by Gasteiger charge is 2.14. The quantitative estimate of drug-likeness (QED) is 0.792. The highest BCUT2D eigenvalue weighted by atomic mass is 32.1. The molecule has 2 heterocycles. The van der Waals surface area contributed by atoms with Crippen LogP contribution in [0.4, 0.5) is 23.0 Å². The Balaban J connectivity index is 1.98. The minimum absolute atomic E-state index is 0.0890. The van der Waals surface area contributed by atoms with E-state index in [1.807, 2.05) is 46.0 Å². The van der Waals surface area contributed by atoms with Gasteiger partial charge in [-0.05, 0) is 41.8 Å². The van der Waals surface area contributed by atoms with Crippen LogP contribution >= 0.6 is 11.3 Å². The summed E-state index contributed by atoms with van der Waals surface area (Å²) in [5, 5.41) is 6.81. The van der Waals surface area contributed by atoms with Crippen molar-refractivity contribution in [2.75, 3.05) is 10.2 Å². The summed E-state index contributed by atoms with van der Waals surface area (Å²) in [4.78, 5) is 21.7. The second-order valence-electron chi connectivity index (χ2n) is 4.59. The fraction of sp³-hybridized carbons (Fsp3) is 0.0625. The number of carbonyl (C=O) groups is 1. The van der Waals surface area contributed by atoms with Crippen molar-refractivity contribution in [2.45, 2.75) is 6.92 Å². The number of hydrogen-bond acceptors (Lipinski definition) is 5. The molecular weight excluding hydrogens is 296 g/mol. The van der Waals surface area contributed by atoms with Gasteiger partial charge in [-0.1, -0.05) is 0 Å². The van der Waals surface area contributed by atoms with Crippen LogP contribution in [0.2, 0.25) is 0 Å². The van der Waals surface area contributed by atoms with Gasteiger partial charge in [-0.25, -0.2) is 9.97 Å². The highest BCUT2D eigenvalue weighted by Crippen LogP contribution is 2.33. The number of hydrogen-bond donors (Lipinski definition) is 1. The molecule has 0 bridgehead atoms. The van der Waals surface area contributed by atoms with Gasteiger partial charge < -0.3 is 5.32 Å². The summed E-state index contributed by atoms with van der Waals surface area (Å²) in [5.74, 6) is 0.516. The van der Waals surface area contributed by atoms with Crippen LogP contribution in [0.25, 0.3) is 0 Å². The first-order valence-electron chi connectivity index (χ1n) is 6.71. The van der Waals surface area contributed by atoms with E-state index in [1.165, 1.54) is 6.92 Å². The molecule has 2 aromatic heterocycles. The van der Waals surface area contributed by atoms with E-state index in [9.17, 15) is 4.79 Å². The average molecular weight is 310 g/mol. The number of anilines is 4. The number of aromatic nitrogens is 2. The zero-order valence-corrected chi connectivity index (χ0v) is 12.7. The fourth-order valence-corrected chi connectivity index (χ4v) is 2.69. The lowest BCUT2D eigenvalue weighted by molar-refractivity contribution is -0.114. The van der Waals surface area contributed by atoms with Crippen molar-refractivity contribution in [2.24, 2.45) is 0 Å². The summed E-state index contributed by atoms with van der Waals surface area (Å²) < 4.78 is 0. The zero-order valence-electron chi connectivity index (χ0n) is 11.9. The lowest BCUT2D eigenvalue weighted by Crippen LogP contribution is -2.12. The molecule has 110 valence electrons. The third kappa shape index (κ3) is 3.12. The SMILES string of the molecule is CC(=O)Nc1ccc(N(c2ccsc2)c2ncccn2)cc1. The van der Waals surface area contributed by atoms with Crippen molar-refractivity contribution in [3.63, 3.8) is 0 Å². The zero-order chi connectivity index (χ0) is 15.4. The topological polar surface area (TPSA) is 58.1 Å². The Bertz CT molecular complexity index is 742. The van der Waals surface area contributed by atoms with Crippen LogP contribution in [0.1, 0.15) is 6.92 Å². The monoisotopic (exact) mass is 310 g/mol. The second kappa shape index (κ2) is 6.36. The largest absolute Gasteiger partial charge is 0.326 e. The first-order valence-corrected chi connectivity index (χ1v) is 7.65. The molecule has 1 N–H and O–H groups in total. The standard InChI is InChI=1S/C16H14N4OS/c1-12(21)19-13-3-5-14(6-4-13)20(15-7-10-22-11-15)16-17-8-2-9-18-16/h2-11H,1H3,(H,19,21). The van der Waals surface area contributed by atoms with E-state index in [-0.39, 0.29) is 5.91 Å². The minimum Gasteiger partial charge on any atom is -0.326 e. The summed E-state index contributed by atoms with van der Waals surface area (Å²) in [6, 6.07) is 11.4. The summed E-state index contributed by atoms with van der Waals surface area (Å²) >= 11 is 1.61.